The van der Waals surface area contributed by atoms with Crippen LogP contribution in [0.5, 0.6) is 0 Å². The Morgan fingerprint density at radius 1 is 0.828 bits per heavy atom. The molecule has 162 valence electrons. The molecule has 2 nitrogen and oxygen atoms in total. The molecule has 2 aliphatic heterocycles. The first-order valence-electron chi connectivity index (χ1n) is 13.3. The SMILES string of the molecule is C[C@H]1CC[C@H]2[C@H](C=O)[C@H]3CC[C@@H]4[C@@H](C[C@H]5[C@H]4CCC4CCCC[C@@]45C)[C@@H]3CN2C1. The Bertz CT molecular complexity index is 646. The van der Waals surface area contributed by atoms with Gasteiger partial charge < -0.3 is 4.79 Å². The quantitative estimate of drug-likeness (QED) is 0.521. The average Bonchev–Trinajstić information content (AvgIpc) is 3.12. The summed E-state index contributed by atoms with van der Waals surface area (Å²) in [6.07, 6.45) is 17.4. The molecule has 4 aliphatic carbocycles. The van der Waals surface area contributed by atoms with Crippen molar-refractivity contribution in [3.63, 3.8) is 0 Å². The minimum absolute atomic E-state index is 0.336. The fourth-order valence-electron chi connectivity index (χ4n) is 10.5. The summed E-state index contributed by atoms with van der Waals surface area (Å²) in [6.45, 7) is 7.71. The second-order valence-corrected chi connectivity index (χ2v) is 12.7. The lowest BCUT2D eigenvalue weighted by Crippen LogP contribution is -2.59. The number of hydrogen-bond acceptors (Lipinski definition) is 2. The molecule has 6 rings (SSSR count). The van der Waals surface area contributed by atoms with Crippen LogP contribution in [0.25, 0.3) is 0 Å². The van der Waals surface area contributed by atoms with E-state index >= 15 is 0 Å². The van der Waals surface area contributed by atoms with Crippen molar-refractivity contribution >= 4 is 6.29 Å². The summed E-state index contributed by atoms with van der Waals surface area (Å²) >= 11 is 0. The lowest BCUT2D eigenvalue weighted by molar-refractivity contribution is -0.127. The second-order valence-electron chi connectivity index (χ2n) is 12.7. The number of piperidine rings is 2. The van der Waals surface area contributed by atoms with Gasteiger partial charge in [-0.05, 0) is 111 Å². The molecular weight excluding hydrogens is 354 g/mol. The van der Waals surface area contributed by atoms with Crippen LogP contribution in [0.4, 0.5) is 0 Å². The summed E-state index contributed by atoms with van der Waals surface area (Å²) in [4.78, 5) is 15.1. The van der Waals surface area contributed by atoms with Crippen molar-refractivity contribution in [3.05, 3.63) is 0 Å². The van der Waals surface area contributed by atoms with Crippen LogP contribution in [0, 0.1) is 58.7 Å². The Morgan fingerprint density at radius 3 is 2.52 bits per heavy atom. The van der Waals surface area contributed by atoms with Crippen LogP contribution < -0.4 is 0 Å². The molecule has 0 aromatic heterocycles. The number of carbonyl (C=O) groups excluding carboxylic acids is 1. The fourth-order valence-corrected chi connectivity index (χ4v) is 10.5. The predicted octanol–water partition coefficient (Wildman–Crippen LogP) is 5.80. The van der Waals surface area contributed by atoms with Gasteiger partial charge in [-0.3, -0.25) is 4.90 Å². The zero-order chi connectivity index (χ0) is 19.8. The maximum Gasteiger partial charge on any atom is 0.124 e. The second kappa shape index (κ2) is 7.07. The largest absolute Gasteiger partial charge is 0.303 e. The third kappa shape index (κ3) is 2.79. The molecule has 2 heteroatoms. The monoisotopic (exact) mass is 397 g/mol. The number of aldehydes is 1. The molecule has 0 bridgehead atoms. The third-order valence-corrected chi connectivity index (χ3v) is 11.7. The smallest absolute Gasteiger partial charge is 0.124 e. The minimum atomic E-state index is 0.336. The van der Waals surface area contributed by atoms with Crippen LogP contribution >= 0.6 is 0 Å². The van der Waals surface area contributed by atoms with Crippen LogP contribution in [0.1, 0.15) is 84.5 Å². The van der Waals surface area contributed by atoms with E-state index in [1.165, 1.54) is 90.0 Å². The van der Waals surface area contributed by atoms with E-state index in [-0.39, 0.29) is 0 Å². The number of hydrogen-bond donors (Lipinski definition) is 0. The molecule has 29 heavy (non-hydrogen) atoms. The molecular formula is C27H43NO. The molecule has 0 spiro atoms. The Hall–Kier alpha value is -0.370. The van der Waals surface area contributed by atoms with Gasteiger partial charge in [-0.2, -0.15) is 0 Å². The summed E-state index contributed by atoms with van der Waals surface area (Å²) < 4.78 is 0. The predicted molar refractivity (Wildman–Crippen MR) is 117 cm³/mol. The molecule has 1 unspecified atom stereocenters. The van der Waals surface area contributed by atoms with Gasteiger partial charge in [0.25, 0.3) is 0 Å². The standard InChI is InChI=1S/C27H43NO/c1-17-6-11-26-24(16-29)20-10-9-19-21-8-7-18-5-3-4-12-27(18,2)25(21)13-22(19)23(20)15-28(26)14-17/h16-26H,3-15H2,1-2H3/t17-,18?,19-,20-,21-,22+,23+,24+,25-,26-,27-/m0/s1. The van der Waals surface area contributed by atoms with Crippen molar-refractivity contribution < 1.29 is 4.79 Å². The highest BCUT2D eigenvalue weighted by molar-refractivity contribution is 5.56. The first-order chi connectivity index (χ1) is 14.1. The number of nitrogens with zero attached hydrogens (tertiary/aromatic N) is 1. The maximum absolute atomic E-state index is 12.3. The van der Waals surface area contributed by atoms with Crippen molar-refractivity contribution in [1.29, 1.82) is 0 Å². The molecule has 11 atom stereocenters. The van der Waals surface area contributed by atoms with Gasteiger partial charge in [-0.1, -0.05) is 26.7 Å². The van der Waals surface area contributed by atoms with Gasteiger partial charge in [0.15, 0.2) is 0 Å². The van der Waals surface area contributed by atoms with Gasteiger partial charge in [-0.25, -0.2) is 0 Å². The van der Waals surface area contributed by atoms with Gasteiger partial charge in [0.2, 0.25) is 0 Å². The summed E-state index contributed by atoms with van der Waals surface area (Å²) in [6, 6.07) is 0.574. The van der Waals surface area contributed by atoms with E-state index < -0.39 is 0 Å². The van der Waals surface area contributed by atoms with E-state index in [2.05, 4.69) is 18.7 Å². The van der Waals surface area contributed by atoms with Gasteiger partial charge in [0.05, 0.1) is 0 Å². The van der Waals surface area contributed by atoms with Crippen LogP contribution in [-0.4, -0.2) is 30.3 Å². The van der Waals surface area contributed by atoms with Gasteiger partial charge in [0.1, 0.15) is 6.29 Å². The first-order valence-corrected chi connectivity index (χ1v) is 13.3. The van der Waals surface area contributed by atoms with E-state index in [0.29, 0.717) is 23.3 Å². The highest BCUT2D eigenvalue weighted by Gasteiger charge is 2.60. The molecule has 0 radical (unpaired) electrons. The topological polar surface area (TPSA) is 20.3 Å². The summed E-state index contributed by atoms with van der Waals surface area (Å²) in [5, 5.41) is 0. The number of carbonyl (C=O) groups is 1. The average molecular weight is 398 g/mol. The molecule has 0 aromatic rings. The zero-order valence-electron chi connectivity index (χ0n) is 18.9. The molecule has 2 saturated heterocycles. The van der Waals surface area contributed by atoms with Crippen LogP contribution in [0.15, 0.2) is 0 Å². The molecule has 0 N–H and O–H groups in total. The lowest BCUT2D eigenvalue weighted by atomic mass is 9.52. The fraction of sp³-hybridized carbons (Fsp3) is 0.963. The molecule has 2 heterocycles. The van der Waals surface area contributed by atoms with Crippen LogP contribution in [0.3, 0.4) is 0 Å². The Kier molecular flexibility index (Phi) is 4.71. The van der Waals surface area contributed by atoms with Crippen molar-refractivity contribution in [1.82, 2.24) is 4.90 Å². The molecule has 4 saturated carbocycles. The van der Waals surface area contributed by atoms with E-state index in [1.54, 1.807) is 0 Å². The first kappa shape index (κ1) is 19.3. The summed E-state index contributed by atoms with van der Waals surface area (Å²) in [5.74, 6) is 7.66. The summed E-state index contributed by atoms with van der Waals surface area (Å²) in [5.41, 5.74) is 0.648. The molecule has 0 amide bonds. The van der Waals surface area contributed by atoms with E-state index in [0.717, 1.165) is 41.4 Å². The Morgan fingerprint density at radius 2 is 1.66 bits per heavy atom. The van der Waals surface area contributed by atoms with E-state index in [9.17, 15) is 4.79 Å². The highest BCUT2D eigenvalue weighted by Crippen LogP contribution is 2.66. The third-order valence-electron chi connectivity index (χ3n) is 11.7. The highest BCUT2D eigenvalue weighted by atomic mass is 16.1. The Balaban J connectivity index is 1.29. The minimum Gasteiger partial charge on any atom is -0.303 e. The van der Waals surface area contributed by atoms with E-state index in [4.69, 9.17) is 0 Å². The van der Waals surface area contributed by atoms with Gasteiger partial charge in [0, 0.05) is 25.0 Å². The van der Waals surface area contributed by atoms with Crippen molar-refractivity contribution in [2.24, 2.45) is 58.7 Å². The van der Waals surface area contributed by atoms with E-state index in [1.807, 2.05) is 0 Å². The van der Waals surface area contributed by atoms with Crippen LogP contribution in [-0.2, 0) is 4.79 Å². The molecule has 6 fully saturated rings. The van der Waals surface area contributed by atoms with Crippen molar-refractivity contribution in [2.75, 3.05) is 13.1 Å². The summed E-state index contributed by atoms with van der Waals surface area (Å²) in [7, 11) is 0. The molecule has 6 aliphatic rings. The van der Waals surface area contributed by atoms with Crippen LogP contribution in [0.2, 0.25) is 0 Å². The molecule has 0 aromatic carbocycles. The zero-order valence-corrected chi connectivity index (χ0v) is 18.9. The van der Waals surface area contributed by atoms with Gasteiger partial charge >= 0.3 is 0 Å². The number of rotatable bonds is 1. The van der Waals surface area contributed by atoms with Crippen molar-refractivity contribution in [2.45, 2.75) is 90.5 Å². The number of fused-ring (bicyclic) bond motifs is 8. The lowest BCUT2D eigenvalue weighted by Gasteiger charge is -2.55. The van der Waals surface area contributed by atoms with Crippen molar-refractivity contribution in [3.8, 4) is 0 Å². The maximum atomic E-state index is 12.3. The van der Waals surface area contributed by atoms with Gasteiger partial charge in [-0.15, -0.1) is 0 Å². The normalized spacial score (nSPS) is 57.0. The Labute approximate surface area is 178 Å².